The highest BCUT2D eigenvalue weighted by Crippen LogP contribution is 2.18. The maximum atomic E-state index is 3.48. The molecule has 2 rings (SSSR count). The van der Waals surface area contributed by atoms with E-state index in [2.05, 4.69) is 54.6 Å². The fourth-order valence-corrected chi connectivity index (χ4v) is 2.45. The van der Waals surface area contributed by atoms with Gasteiger partial charge in [-0.15, -0.1) is 0 Å². The van der Waals surface area contributed by atoms with Crippen LogP contribution >= 0.6 is 0 Å². The van der Waals surface area contributed by atoms with Crippen LogP contribution in [-0.2, 0) is 6.42 Å². The van der Waals surface area contributed by atoms with Crippen LogP contribution in [0.2, 0.25) is 0 Å². The van der Waals surface area contributed by atoms with Gasteiger partial charge in [0.2, 0.25) is 0 Å². The Hall–Kier alpha value is -0.860. The highest BCUT2D eigenvalue weighted by Gasteiger charge is 2.28. The molecule has 1 heterocycles. The van der Waals surface area contributed by atoms with E-state index in [1.165, 1.54) is 12.0 Å². The third kappa shape index (κ3) is 2.58. The average molecular weight is 204 g/mol. The first-order valence-electron chi connectivity index (χ1n) is 5.68. The third-order valence-corrected chi connectivity index (χ3v) is 3.31. The lowest BCUT2D eigenvalue weighted by Crippen LogP contribution is -2.35. The second kappa shape index (κ2) is 4.77. The normalized spacial score (nSPS) is 26.1. The molecule has 0 radical (unpaired) electrons. The molecule has 0 unspecified atom stereocenters. The molecule has 1 aliphatic rings. The zero-order valence-electron chi connectivity index (χ0n) is 9.61. The molecule has 0 aliphatic carbocycles. The molecule has 0 bridgehead atoms. The molecule has 2 atom stereocenters. The van der Waals surface area contributed by atoms with Gasteiger partial charge < -0.3 is 10.2 Å². The standard InChI is InChI=1S/C13H20N2/c1-15(2)13-10-14-9-12(13)8-11-6-4-3-5-7-11/h3-7,12-14H,8-10H2,1-2H3/t12-,13+/m0/s1. The number of hydrogen-bond donors (Lipinski definition) is 1. The van der Waals surface area contributed by atoms with Gasteiger partial charge in [0, 0.05) is 12.6 Å². The lowest BCUT2D eigenvalue weighted by Gasteiger charge is -2.25. The van der Waals surface area contributed by atoms with E-state index in [9.17, 15) is 0 Å². The van der Waals surface area contributed by atoms with E-state index < -0.39 is 0 Å². The van der Waals surface area contributed by atoms with Crippen LogP contribution in [0.15, 0.2) is 30.3 Å². The van der Waals surface area contributed by atoms with Crippen LogP contribution in [0, 0.1) is 5.92 Å². The summed E-state index contributed by atoms with van der Waals surface area (Å²) < 4.78 is 0. The van der Waals surface area contributed by atoms with E-state index in [1.807, 2.05) is 0 Å². The van der Waals surface area contributed by atoms with Crippen LogP contribution in [0.1, 0.15) is 5.56 Å². The van der Waals surface area contributed by atoms with Gasteiger partial charge in [-0.25, -0.2) is 0 Å². The number of hydrogen-bond acceptors (Lipinski definition) is 2. The van der Waals surface area contributed by atoms with Gasteiger partial charge in [-0.3, -0.25) is 0 Å². The highest BCUT2D eigenvalue weighted by molar-refractivity contribution is 5.16. The second-order valence-corrected chi connectivity index (χ2v) is 4.64. The van der Waals surface area contributed by atoms with Gasteiger partial charge in [0.1, 0.15) is 0 Å². The van der Waals surface area contributed by atoms with E-state index in [-0.39, 0.29) is 0 Å². The molecule has 1 N–H and O–H groups in total. The Balaban J connectivity index is 2.00. The summed E-state index contributed by atoms with van der Waals surface area (Å²) in [6.07, 6.45) is 1.19. The molecule has 0 spiro atoms. The predicted molar refractivity (Wildman–Crippen MR) is 64.0 cm³/mol. The zero-order valence-corrected chi connectivity index (χ0v) is 9.61. The monoisotopic (exact) mass is 204 g/mol. The number of benzene rings is 1. The minimum absolute atomic E-state index is 0.685. The van der Waals surface area contributed by atoms with Gasteiger partial charge in [0.05, 0.1) is 0 Å². The molecule has 0 amide bonds. The Bertz CT molecular complexity index is 295. The van der Waals surface area contributed by atoms with Gasteiger partial charge in [-0.1, -0.05) is 30.3 Å². The predicted octanol–water partition coefficient (Wildman–Crippen LogP) is 1.38. The lowest BCUT2D eigenvalue weighted by molar-refractivity contribution is 0.254. The minimum Gasteiger partial charge on any atom is -0.315 e. The van der Waals surface area contributed by atoms with Gasteiger partial charge >= 0.3 is 0 Å². The van der Waals surface area contributed by atoms with Crippen molar-refractivity contribution in [3.63, 3.8) is 0 Å². The summed E-state index contributed by atoms with van der Waals surface area (Å²) in [6.45, 7) is 2.28. The van der Waals surface area contributed by atoms with Gasteiger partial charge in [-0.05, 0) is 38.5 Å². The molecule has 1 aliphatic heterocycles. The first-order valence-corrected chi connectivity index (χ1v) is 5.68. The van der Waals surface area contributed by atoms with Crippen molar-refractivity contribution in [3.8, 4) is 0 Å². The maximum absolute atomic E-state index is 3.48. The molecule has 0 aromatic heterocycles. The summed E-state index contributed by atoms with van der Waals surface area (Å²) in [4.78, 5) is 2.34. The molecule has 1 fully saturated rings. The zero-order chi connectivity index (χ0) is 10.7. The van der Waals surface area contributed by atoms with Crippen LogP contribution < -0.4 is 5.32 Å². The van der Waals surface area contributed by atoms with E-state index in [0.717, 1.165) is 19.0 Å². The molecule has 2 nitrogen and oxygen atoms in total. The molecule has 0 saturated carbocycles. The Labute approximate surface area is 92.3 Å². The number of rotatable bonds is 3. The Morgan fingerprint density at radius 1 is 1.20 bits per heavy atom. The van der Waals surface area contributed by atoms with Crippen LogP contribution in [0.5, 0.6) is 0 Å². The summed E-state index contributed by atoms with van der Waals surface area (Å²) in [5.74, 6) is 0.752. The van der Waals surface area contributed by atoms with Gasteiger partial charge in [0.25, 0.3) is 0 Å². The molecule has 1 aromatic rings. The Morgan fingerprint density at radius 2 is 1.93 bits per heavy atom. The van der Waals surface area contributed by atoms with E-state index in [1.54, 1.807) is 0 Å². The minimum atomic E-state index is 0.685. The Kier molecular flexibility index (Phi) is 3.39. The molecule has 1 saturated heterocycles. The molecular weight excluding hydrogens is 184 g/mol. The average Bonchev–Trinajstić information content (AvgIpc) is 2.67. The van der Waals surface area contributed by atoms with Gasteiger partial charge in [0.15, 0.2) is 0 Å². The third-order valence-electron chi connectivity index (χ3n) is 3.31. The quantitative estimate of drug-likeness (QED) is 0.800. The fraction of sp³-hybridized carbons (Fsp3) is 0.538. The van der Waals surface area contributed by atoms with E-state index in [0.29, 0.717) is 6.04 Å². The van der Waals surface area contributed by atoms with Crippen molar-refractivity contribution >= 4 is 0 Å². The van der Waals surface area contributed by atoms with Crippen molar-refractivity contribution in [1.82, 2.24) is 10.2 Å². The van der Waals surface area contributed by atoms with Crippen LogP contribution in [0.25, 0.3) is 0 Å². The largest absolute Gasteiger partial charge is 0.315 e. The molecule has 1 aromatic carbocycles. The van der Waals surface area contributed by atoms with E-state index in [4.69, 9.17) is 0 Å². The molecule has 15 heavy (non-hydrogen) atoms. The van der Waals surface area contributed by atoms with Crippen molar-refractivity contribution in [3.05, 3.63) is 35.9 Å². The summed E-state index contributed by atoms with van der Waals surface area (Å²) in [7, 11) is 4.35. The maximum Gasteiger partial charge on any atom is 0.0258 e. The smallest absolute Gasteiger partial charge is 0.0258 e. The lowest BCUT2D eigenvalue weighted by atomic mass is 9.94. The van der Waals surface area contributed by atoms with Crippen LogP contribution in [-0.4, -0.2) is 38.1 Å². The summed E-state index contributed by atoms with van der Waals surface area (Å²) in [5.41, 5.74) is 1.46. The SMILES string of the molecule is CN(C)[C@@H]1CNC[C@@H]1Cc1ccccc1. The van der Waals surface area contributed by atoms with Crippen molar-refractivity contribution in [2.24, 2.45) is 5.92 Å². The second-order valence-electron chi connectivity index (χ2n) is 4.64. The first kappa shape index (κ1) is 10.7. The number of nitrogens with zero attached hydrogens (tertiary/aromatic N) is 1. The van der Waals surface area contributed by atoms with Crippen LogP contribution in [0.3, 0.4) is 0 Å². The topological polar surface area (TPSA) is 15.3 Å². The van der Waals surface area contributed by atoms with Crippen molar-refractivity contribution in [2.45, 2.75) is 12.5 Å². The first-order chi connectivity index (χ1) is 7.27. The van der Waals surface area contributed by atoms with Crippen molar-refractivity contribution in [1.29, 1.82) is 0 Å². The van der Waals surface area contributed by atoms with Crippen LogP contribution in [0.4, 0.5) is 0 Å². The summed E-state index contributed by atoms with van der Waals surface area (Å²) >= 11 is 0. The highest BCUT2D eigenvalue weighted by atomic mass is 15.2. The molecule has 2 heteroatoms. The molecule has 82 valence electrons. The van der Waals surface area contributed by atoms with E-state index >= 15 is 0 Å². The number of likely N-dealkylation sites (N-methyl/N-ethyl adjacent to an activating group) is 1. The Morgan fingerprint density at radius 3 is 2.60 bits per heavy atom. The summed E-state index contributed by atoms with van der Waals surface area (Å²) in [5, 5.41) is 3.48. The molecular formula is C13H20N2. The van der Waals surface area contributed by atoms with Crippen molar-refractivity contribution < 1.29 is 0 Å². The number of nitrogens with one attached hydrogen (secondary N) is 1. The fourth-order valence-electron chi connectivity index (χ4n) is 2.45. The van der Waals surface area contributed by atoms with Crippen molar-refractivity contribution in [2.75, 3.05) is 27.2 Å². The van der Waals surface area contributed by atoms with Gasteiger partial charge in [-0.2, -0.15) is 0 Å². The summed E-state index contributed by atoms with van der Waals surface area (Å²) in [6, 6.07) is 11.5.